The van der Waals surface area contributed by atoms with E-state index in [4.69, 9.17) is 26.1 Å². The molecule has 0 amide bonds. The Morgan fingerprint density at radius 1 is 1.07 bits per heavy atom. The first-order chi connectivity index (χ1) is 14.6. The Kier molecular flexibility index (Phi) is 4.48. The maximum absolute atomic E-state index is 5.94. The van der Waals surface area contributed by atoms with Crippen molar-refractivity contribution >= 4 is 28.3 Å². The van der Waals surface area contributed by atoms with Crippen LogP contribution in [-0.4, -0.2) is 36.5 Å². The van der Waals surface area contributed by atoms with E-state index in [-0.39, 0.29) is 0 Å². The molecule has 9 heteroatoms. The average molecular weight is 421 g/mol. The molecule has 3 heterocycles. The zero-order valence-corrected chi connectivity index (χ0v) is 17.0. The third kappa shape index (κ3) is 3.21. The molecular weight excluding hydrogens is 404 g/mol. The minimum atomic E-state index is 0.334. The lowest BCUT2D eigenvalue weighted by Gasteiger charge is -2.11. The highest BCUT2D eigenvalue weighted by Gasteiger charge is 2.14. The van der Waals surface area contributed by atoms with Crippen LogP contribution in [-0.2, 0) is 13.7 Å². The summed E-state index contributed by atoms with van der Waals surface area (Å²) in [5.74, 6) is 2.04. The van der Waals surface area contributed by atoms with Gasteiger partial charge in [0, 0.05) is 23.2 Å². The molecule has 0 atom stereocenters. The molecule has 0 N–H and O–H groups in total. The molecule has 0 unspecified atom stereocenters. The number of hydrogen-bond donors (Lipinski definition) is 0. The van der Waals surface area contributed by atoms with Gasteiger partial charge in [-0.05, 0) is 42.5 Å². The highest BCUT2D eigenvalue weighted by molar-refractivity contribution is 6.30. The number of aryl methyl sites for hydroxylation is 1. The fraction of sp³-hybridized carbons (Fsp3) is 0.143. The van der Waals surface area contributed by atoms with Crippen LogP contribution in [0.1, 0.15) is 5.56 Å². The highest BCUT2D eigenvalue weighted by Crippen LogP contribution is 2.28. The van der Waals surface area contributed by atoms with Gasteiger partial charge in [-0.25, -0.2) is 14.5 Å². The van der Waals surface area contributed by atoms with Crippen molar-refractivity contribution in [2.24, 2.45) is 7.05 Å². The summed E-state index contributed by atoms with van der Waals surface area (Å²) in [7, 11) is 3.48. The first-order valence-corrected chi connectivity index (χ1v) is 9.59. The standard InChI is InChI=1S/C21H17ClN6O2/c1-27-20-17(10-24-27)21-25-19(26-28(21)12-23-20)13-3-8-18(29-2)14(9-13)11-30-16-6-4-15(22)5-7-16/h3-10,12H,11H2,1-2H3. The molecule has 30 heavy (non-hydrogen) atoms. The first-order valence-electron chi connectivity index (χ1n) is 9.21. The van der Waals surface area contributed by atoms with Crippen LogP contribution >= 0.6 is 11.6 Å². The second-order valence-electron chi connectivity index (χ2n) is 6.72. The minimum absolute atomic E-state index is 0.334. The Labute approximate surface area is 176 Å². The van der Waals surface area contributed by atoms with Crippen molar-refractivity contribution < 1.29 is 9.47 Å². The van der Waals surface area contributed by atoms with E-state index in [1.165, 1.54) is 0 Å². The molecule has 0 saturated carbocycles. The van der Waals surface area contributed by atoms with Gasteiger partial charge >= 0.3 is 0 Å². The number of nitrogens with zero attached hydrogens (tertiary/aromatic N) is 6. The van der Waals surface area contributed by atoms with Gasteiger partial charge in [0.25, 0.3) is 0 Å². The third-order valence-corrected chi connectivity index (χ3v) is 5.07. The normalized spacial score (nSPS) is 11.3. The zero-order chi connectivity index (χ0) is 20.7. The molecule has 5 aromatic rings. The number of benzene rings is 2. The first kappa shape index (κ1) is 18.4. The lowest BCUT2D eigenvalue weighted by Crippen LogP contribution is -1.99. The Balaban J connectivity index is 1.50. The van der Waals surface area contributed by atoms with E-state index in [0.717, 1.165) is 33.7 Å². The van der Waals surface area contributed by atoms with Gasteiger partial charge in [0.1, 0.15) is 24.4 Å². The fourth-order valence-corrected chi connectivity index (χ4v) is 3.41. The van der Waals surface area contributed by atoms with Crippen molar-refractivity contribution in [2.45, 2.75) is 6.61 Å². The Bertz CT molecular complexity index is 1360. The zero-order valence-electron chi connectivity index (χ0n) is 16.3. The van der Waals surface area contributed by atoms with E-state index in [1.807, 2.05) is 37.4 Å². The van der Waals surface area contributed by atoms with E-state index in [1.54, 1.807) is 41.0 Å². The maximum atomic E-state index is 5.94. The van der Waals surface area contributed by atoms with Gasteiger partial charge in [-0.3, -0.25) is 4.68 Å². The van der Waals surface area contributed by atoms with Crippen molar-refractivity contribution in [1.82, 2.24) is 29.4 Å². The molecule has 0 spiro atoms. The number of aromatic nitrogens is 6. The van der Waals surface area contributed by atoms with Crippen LogP contribution < -0.4 is 9.47 Å². The van der Waals surface area contributed by atoms with E-state index in [0.29, 0.717) is 23.1 Å². The Morgan fingerprint density at radius 2 is 1.90 bits per heavy atom. The van der Waals surface area contributed by atoms with E-state index >= 15 is 0 Å². The number of methoxy groups -OCH3 is 1. The maximum Gasteiger partial charge on any atom is 0.182 e. The largest absolute Gasteiger partial charge is 0.496 e. The van der Waals surface area contributed by atoms with Gasteiger partial charge in [0.15, 0.2) is 17.1 Å². The summed E-state index contributed by atoms with van der Waals surface area (Å²) in [5, 5.41) is 10.3. The van der Waals surface area contributed by atoms with Gasteiger partial charge < -0.3 is 9.47 Å². The molecule has 0 aliphatic heterocycles. The molecule has 0 aliphatic rings. The van der Waals surface area contributed by atoms with Gasteiger partial charge in [0.2, 0.25) is 0 Å². The van der Waals surface area contributed by atoms with Gasteiger partial charge in [-0.2, -0.15) is 5.10 Å². The molecule has 0 aliphatic carbocycles. The number of fused-ring (bicyclic) bond motifs is 3. The van der Waals surface area contributed by atoms with Crippen LogP contribution in [0.4, 0.5) is 0 Å². The monoisotopic (exact) mass is 420 g/mol. The molecule has 0 radical (unpaired) electrons. The molecule has 150 valence electrons. The van der Waals surface area contributed by atoms with E-state index < -0.39 is 0 Å². The summed E-state index contributed by atoms with van der Waals surface area (Å²) in [6, 6.07) is 13.0. The molecule has 3 aromatic heterocycles. The molecule has 0 fully saturated rings. The number of hydrogen-bond acceptors (Lipinski definition) is 6. The third-order valence-electron chi connectivity index (χ3n) is 4.82. The Morgan fingerprint density at radius 3 is 2.70 bits per heavy atom. The SMILES string of the molecule is COc1ccc(-c2nc3c4cnn(C)c4ncn3n2)cc1COc1ccc(Cl)cc1. The van der Waals surface area contributed by atoms with Crippen molar-refractivity contribution in [3.63, 3.8) is 0 Å². The summed E-state index contributed by atoms with van der Waals surface area (Å²) >= 11 is 5.94. The fourth-order valence-electron chi connectivity index (χ4n) is 3.28. The summed E-state index contributed by atoms with van der Waals surface area (Å²) in [5.41, 5.74) is 3.20. The Hall–Kier alpha value is -3.65. The summed E-state index contributed by atoms with van der Waals surface area (Å²) < 4.78 is 14.8. The minimum Gasteiger partial charge on any atom is -0.496 e. The van der Waals surface area contributed by atoms with Crippen LogP contribution in [0.3, 0.4) is 0 Å². The summed E-state index contributed by atoms with van der Waals surface area (Å²) in [6.45, 7) is 0.334. The lowest BCUT2D eigenvalue weighted by atomic mass is 10.1. The summed E-state index contributed by atoms with van der Waals surface area (Å²) in [6.07, 6.45) is 3.39. The van der Waals surface area contributed by atoms with Crippen molar-refractivity contribution in [2.75, 3.05) is 7.11 Å². The second-order valence-corrected chi connectivity index (χ2v) is 7.16. The number of halogens is 1. The van der Waals surface area contributed by atoms with Crippen LogP contribution in [0.25, 0.3) is 28.1 Å². The van der Waals surface area contributed by atoms with Gasteiger partial charge in [-0.15, -0.1) is 5.10 Å². The van der Waals surface area contributed by atoms with Crippen molar-refractivity contribution in [3.8, 4) is 22.9 Å². The van der Waals surface area contributed by atoms with Crippen molar-refractivity contribution in [1.29, 1.82) is 0 Å². The predicted molar refractivity (Wildman–Crippen MR) is 113 cm³/mol. The second kappa shape index (κ2) is 7.31. The van der Waals surface area contributed by atoms with E-state index in [9.17, 15) is 0 Å². The van der Waals surface area contributed by atoms with E-state index in [2.05, 4.69) is 15.2 Å². The molecule has 0 saturated heterocycles. The van der Waals surface area contributed by atoms with Gasteiger partial charge in [-0.1, -0.05) is 11.6 Å². The number of ether oxygens (including phenoxy) is 2. The summed E-state index contributed by atoms with van der Waals surface area (Å²) in [4.78, 5) is 9.11. The lowest BCUT2D eigenvalue weighted by molar-refractivity contribution is 0.297. The predicted octanol–water partition coefficient (Wildman–Crippen LogP) is 3.92. The number of rotatable bonds is 5. The smallest absolute Gasteiger partial charge is 0.182 e. The van der Waals surface area contributed by atoms with Crippen LogP contribution in [0.5, 0.6) is 11.5 Å². The quantitative estimate of drug-likeness (QED) is 0.428. The van der Waals surface area contributed by atoms with Crippen LogP contribution in [0.15, 0.2) is 55.0 Å². The molecule has 0 bridgehead atoms. The average Bonchev–Trinajstić information content (AvgIpc) is 3.37. The topological polar surface area (TPSA) is 79.4 Å². The molecule has 5 rings (SSSR count). The van der Waals surface area contributed by atoms with Crippen molar-refractivity contribution in [3.05, 3.63) is 65.6 Å². The highest BCUT2D eigenvalue weighted by atomic mass is 35.5. The molecular formula is C21H17ClN6O2. The van der Waals surface area contributed by atoms with Crippen LogP contribution in [0, 0.1) is 0 Å². The van der Waals surface area contributed by atoms with Gasteiger partial charge in [0.05, 0.1) is 18.7 Å². The van der Waals surface area contributed by atoms with Crippen LogP contribution in [0.2, 0.25) is 5.02 Å². The molecule has 2 aromatic carbocycles. The molecule has 8 nitrogen and oxygen atoms in total.